The zero-order valence-corrected chi connectivity index (χ0v) is 12.4. The lowest BCUT2D eigenvalue weighted by Gasteiger charge is -2.23. The summed E-state index contributed by atoms with van der Waals surface area (Å²) in [7, 11) is 0. The number of rotatable bonds is 6. The number of carbonyl (C=O) groups is 1. The fourth-order valence-electron chi connectivity index (χ4n) is 2.17. The lowest BCUT2D eigenvalue weighted by Crippen LogP contribution is -2.41. The zero-order chi connectivity index (χ0) is 14.4. The molecule has 0 heterocycles. The number of aryl methyl sites for hydroxylation is 1. The van der Waals surface area contributed by atoms with E-state index in [0.29, 0.717) is 11.3 Å². The van der Waals surface area contributed by atoms with Gasteiger partial charge in [0.15, 0.2) is 0 Å². The van der Waals surface area contributed by atoms with E-state index in [9.17, 15) is 4.79 Å². The first-order chi connectivity index (χ1) is 8.96. The van der Waals surface area contributed by atoms with Gasteiger partial charge in [-0.05, 0) is 50.7 Å². The van der Waals surface area contributed by atoms with E-state index < -0.39 is 0 Å². The van der Waals surface area contributed by atoms with Gasteiger partial charge < -0.3 is 16.0 Å². The van der Waals surface area contributed by atoms with E-state index >= 15 is 0 Å². The minimum atomic E-state index is -0.0601. The summed E-state index contributed by atoms with van der Waals surface area (Å²) in [5.74, 6) is -0.0601. The molecule has 0 fully saturated rings. The Morgan fingerprint density at radius 3 is 2.47 bits per heavy atom. The first kappa shape index (κ1) is 15.5. The molecular formula is C15H25N3O. The van der Waals surface area contributed by atoms with Gasteiger partial charge in [-0.3, -0.25) is 4.79 Å². The van der Waals surface area contributed by atoms with E-state index in [4.69, 9.17) is 5.73 Å². The number of nitrogen functional groups attached to an aromatic ring is 1. The zero-order valence-electron chi connectivity index (χ0n) is 12.4. The molecular weight excluding hydrogens is 238 g/mol. The molecule has 0 saturated carbocycles. The highest BCUT2D eigenvalue weighted by atomic mass is 16.1. The number of amides is 1. The van der Waals surface area contributed by atoms with Gasteiger partial charge in [0.05, 0.1) is 0 Å². The molecule has 0 saturated heterocycles. The molecule has 4 nitrogen and oxygen atoms in total. The number of hydrogen-bond acceptors (Lipinski definition) is 3. The van der Waals surface area contributed by atoms with E-state index in [0.717, 1.165) is 25.2 Å². The van der Waals surface area contributed by atoms with Gasteiger partial charge in [-0.2, -0.15) is 0 Å². The average Bonchev–Trinajstić information content (AvgIpc) is 2.34. The fourth-order valence-corrected chi connectivity index (χ4v) is 2.17. The van der Waals surface area contributed by atoms with Crippen LogP contribution in [0.2, 0.25) is 0 Å². The van der Waals surface area contributed by atoms with E-state index in [-0.39, 0.29) is 11.9 Å². The molecule has 1 rings (SSSR count). The van der Waals surface area contributed by atoms with Crippen LogP contribution < -0.4 is 11.1 Å². The van der Waals surface area contributed by atoms with Gasteiger partial charge >= 0.3 is 0 Å². The standard InChI is InChI=1S/C15H25N3O/c1-5-18(6-2)10-12(4)17-15(19)13-7-11(3)8-14(16)9-13/h7-9,12H,5-6,10,16H2,1-4H3,(H,17,19). The predicted molar refractivity (Wildman–Crippen MR) is 80.3 cm³/mol. The Balaban J connectivity index is 2.63. The molecule has 1 atom stereocenters. The van der Waals surface area contributed by atoms with Crippen LogP contribution in [0.5, 0.6) is 0 Å². The quantitative estimate of drug-likeness (QED) is 0.772. The Morgan fingerprint density at radius 1 is 1.32 bits per heavy atom. The number of carbonyl (C=O) groups excluding carboxylic acids is 1. The molecule has 4 heteroatoms. The van der Waals surface area contributed by atoms with Gasteiger partial charge in [-0.15, -0.1) is 0 Å². The molecule has 0 bridgehead atoms. The summed E-state index contributed by atoms with van der Waals surface area (Å²) in [4.78, 5) is 14.4. The highest BCUT2D eigenvalue weighted by Gasteiger charge is 2.12. The minimum absolute atomic E-state index is 0.0601. The second-order valence-corrected chi connectivity index (χ2v) is 4.99. The predicted octanol–water partition coefficient (Wildman–Crippen LogP) is 2.04. The van der Waals surface area contributed by atoms with Crippen LogP contribution >= 0.6 is 0 Å². The molecule has 0 radical (unpaired) electrons. The fraction of sp³-hybridized carbons (Fsp3) is 0.533. The minimum Gasteiger partial charge on any atom is -0.399 e. The molecule has 1 aromatic carbocycles. The van der Waals surface area contributed by atoms with Crippen LogP contribution in [-0.2, 0) is 0 Å². The van der Waals surface area contributed by atoms with Crippen molar-refractivity contribution >= 4 is 11.6 Å². The van der Waals surface area contributed by atoms with Crippen molar-refractivity contribution in [1.29, 1.82) is 0 Å². The summed E-state index contributed by atoms with van der Waals surface area (Å²) in [6.45, 7) is 11.1. The number of nitrogens with two attached hydrogens (primary N) is 1. The number of likely N-dealkylation sites (N-methyl/N-ethyl adjacent to an activating group) is 1. The van der Waals surface area contributed by atoms with E-state index in [1.165, 1.54) is 0 Å². The highest BCUT2D eigenvalue weighted by Crippen LogP contribution is 2.11. The monoisotopic (exact) mass is 263 g/mol. The van der Waals surface area contributed by atoms with Crippen molar-refractivity contribution in [3.05, 3.63) is 29.3 Å². The van der Waals surface area contributed by atoms with Crippen LogP contribution in [0.3, 0.4) is 0 Å². The van der Waals surface area contributed by atoms with Gasteiger partial charge in [0, 0.05) is 23.8 Å². The Labute approximate surface area is 116 Å². The molecule has 1 amide bonds. The number of benzene rings is 1. The summed E-state index contributed by atoms with van der Waals surface area (Å²) in [5, 5.41) is 3.01. The maximum atomic E-state index is 12.1. The second kappa shape index (κ2) is 7.14. The molecule has 1 aromatic rings. The lowest BCUT2D eigenvalue weighted by molar-refractivity contribution is 0.0930. The topological polar surface area (TPSA) is 58.4 Å². The van der Waals surface area contributed by atoms with Crippen LogP contribution in [0.15, 0.2) is 18.2 Å². The molecule has 0 spiro atoms. The third-order valence-corrected chi connectivity index (χ3v) is 3.17. The Hall–Kier alpha value is -1.55. The average molecular weight is 263 g/mol. The smallest absolute Gasteiger partial charge is 0.251 e. The van der Waals surface area contributed by atoms with Crippen molar-refractivity contribution in [2.24, 2.45) is 0 Å². The molecule has 106 valence electrons. The summed E-state index contributed by atoms with van der Waals surface area (Å²) in [6, 6.07) is 5.55. The maximum Gasteiger partial charge on any atom is 0.251 e. The van der Waals surface area contributed by atoms with Crippen LogP contribution in [0, 0.1) is 6.92 Å². The Morgan fingerprint density at radius 2 is 1.95 bits per heavy atom. The molecule has 1 unspecified atom stereocenters. The van der Waals surface area contributed by atoms with Crippen molar-refractivity contribution in [2.75, 3.05) is 25.4 Å². The number of nitrogens with one attached hydrogen (secondary N) is 1. The number of anilines is 1. The summed E-state index contributed by atoms with van der Waals surface area (Å²) >= 11 is 0. The number of hydrogen-bond donors (Lipinski definition) is 2. The van der Waals surface area contributed by atoms with Crippen molar-refractivity contribution in [1.82, 2.24) is 10.2 Å². The summed E-state index contributed by atoms with van der Waals surface area (Å²) < 4.78 is 0. The van der Waals surface area contributed by atoms with Crippen molar-refractivity contribution in [3.63, 3.8) is 0 Å². The molecule has 0 aliphatic rings. The van der Waals surface area contributed by atoms with Crippen LogP contribution in [-0.4, -0.2) is 36.5 Å². The summed E-state index contributed by atoms with van der Waals surface area (Å²) in [5.41, 5.74) is 8.02. The first-order valence-electron chi connectivity index (χ1n) is 6.86. The SMILES string of the molecule is CCN(CC)CC(C)NC(=O)c1cc(C)cc(N)c1. The van der Waals surface area contributed by atoms with E-state index in [1.54, 1.807) is 6.07 Å². The molecule has 0 aliphatic heterocycles. The second-order valence-electron chi connectivity index (χ2n) is 4.99. The van der Waals surface area contributed by atoms with Crippen molar-refractivity contribution < 1.29 is 4.79 Å². The van der Waals surface area contributed by atoms with Crippen molar-refractivity contribution in [2.45, 2.75) is 33.7 Å². The largest absolute Gasteiger partial charge is 0.399 e. The van der Waals surface area contributed by atoms with Gasteiger partial charge in [0.25, 0.3) is 5.91 Å². The molecule has 0 aromatic heterocycles. The van der Waals surface area contributed by atoms with Crippen LogP contribution in [0.1, 0.15) is 36.7 Å². The highest BCUT2D eigenvalue weighted by molar-refractivity contribution is 5.95. The third-order valence-electron chi connectivity index (χ3n) is 3.17. The normalized spacial score (nSPS) is 12.5. The van der Waals surface area contributed by atoms with E-state index in [2.05, 4.69) is 24.1 Å². The van der Waals surface area contributed by atoms with Crippen LogP contribution in [0.25, 0.3) is 0 Å². The number of nitrogens with zero attached hydrogens (tertiary/aromatic N) is 1. The van der Waals surface area contributed by atoms with Crippen molar-refractivity contribution in [3.8, 4) is 0 Å². The molecule has 19 heavy (non-hydrogen) atoms. The first-order valence-corrected chi connectivity index (χ1v) is 6.86. The van der Waals surface area contributed by atoms with Gasteiger partial charge in [0.1, 0.15) is 0 Å². The Bertz CT molecular complexity index is 407. The third kappa shape index (κ3) is 4.91. The Kier molecular flexibility index (Phi) is 5.83. The van der Waals surface area contributed by atoms with Gasteiger partial charge in [-0.25, -0.2) is 0 Å². The summed E-state index contributed by atoms with van der Waals surface area (Å²) in [6.07, 6.45) is 0. The molecule has 3 N–H and O–H groups in total. The van der Waals surface area contributed by atoms with Gasteiger partial charge in [-0.1, -0.05) is 13.8 Å². The van der Waals surface area contributed by atoms with Gasteiger partial charge in [0.2, 0.25) is 0 Å². The molecule has 0 aliphatic carbocycles. The lowest BCUT2D eigenvalue weighted by atomic mass is 10.1. The van der Waals surface area contributed by atoms with Crippen LogP contribution in [0.4, 0.5) is 5.69 Å². The van der Waals surface area contributed by atoms with E-state index in [1.807, 2.05) is 26.0 Å². The maximum absolute atomic E-state index is 12.1.